The predicted octanol–water partition coefficient (Wildman–Crippen LogP) is 2.22. The molecule has 3 nitrogen and oxygen atoms in total. The number of nitrogens with zero attached hydrogens (tertiary/aromatic N) is 1. The van der Waals surface area contributed by atoms with Crippen molar-refractivity contribution in [2.45, 2.75) is 13.0 Å². The summed E-state index contributed by atoms with van der Waals surface area (Å²) in [4.78, 5) is 2.28. The molecule has 0 spiro atoms. The highest BCUT2D eigenvalue weighted by atomic mass is 35.5. The standard InChI is InChI=1S/C13H19FN2O.ClH/c1-10(16-8-6-15-7-9-16)13-11(14)4-3-5-12(13)17-2;/h3-5,10,15H,6-9H2,1-2H3;1H/t10-;/m1./s1. The Morgan fingerprint density at radius 3 is 2.61 bits per heavy atom. The summed E-state index contributed by atoms with van der Waals surface area (Å²) in [6.07, 6.45) is 0. The van der Waals surface area contributed by atoms with Gasteiger partial charge in [-0.25, -0.2) is 4.39 Å². The Morgan fingerprint density at radius 1 is 1.33 bits per heavy atom. The van der Waals surface area contributed by atoms with Crippen LogP contribution in [0.2, 0.25) is 0 Å². The van der Waals surface area contributed by atoms with Crippen molar-refractivity contribution in [1.29, 1.82) is 0 Å². The number of hydrogen-bond acceptors (Lipinski definition) is 3. The Morgan fingerprint density at radius 2 is 2.00 bits per heavy atom. The second-order valence-electron chi connectivity index (χ2n) is 4.32. The SMILES string of the molecule is COc1cccc(F)c1[C@@H](C)N1CCNCC1.Cl. The van der Waals surface area contributed by atoms with Gasteiger partial charge in [0.15, 0.2) is 0 Å². The van der Waals surface area contributed by atoms with Crippen molar-refractivity contribution in [3.8, 4) is 5.75 Å². The molecule has 0 bridgehead atoms. The highest BCUT2D eigenvalue weighted by Crippen LogP contribution is 2.31. The van der Waals surface area contributed by atoms with Gasteiger partial charge in [0, 0.05) is 37.8 Å². The molecule has 1 aliphatic rings. The fraction of sp³-hybridized carbons (Fsp3) is 0.538. The van der Waals surface area contributed by atoms with E-state index in [4.69, 9.17) is 4.74 Å². The van der Waals surface area contributed by atoms with Crippen molar-refractivity contribution in [1.82, 2.24) is 10.2 Å². The number of piperazine rings is 1. The number of halogens is 2. The third-order valence-electron chi connectivity index (χ3n) is 3.35. The van der Waals surface area contributed by atoms with Gasteiger partial charge in [-0.05, 0) is 19.1 Å². The van der Waals surface area contributed by atoms with Crippen molar-refractivity contribution in [3.05, 3.63) is 29.6 Å². The molecule has 1 heterocycles. The molecule has 1 aromatic rings. The lowest BCUT2D eigenvalue weighted by molar-refractivity contribution is 0.179. The fourth-order valence-corrected chi connectivity index (χ4v) is 2.35. The molecule has 1 atom stereocenters. The molecule has 0 aromatic heterocycles. The molecule has 0 unspecified atom stereocenters. The zero-order chi connectivity index (χ0) is 12.3. The third kappa shape index (κ3) is 3.13. The van der Waals surface area contributed by atoms with Crippen molar-refractivity contribution in [2.75, 3.05) is 33.3 Å². The van der Waals surface area contributed by atoms with Crippen LogP contribution in [0, 0.1) is 5.82 Å². The highest BCUT2D eigenvalue weighted by molar-refractivity contribution is 5.85. The Bertz CT molecular complexity index is 383. The molecule has 1 fully saturated rings. The number of rotatable bonds is 3. The largest absolute Gasteiger partial charge is 0.496 e. The minimum absolute atomic E-state index is 0. The van der Waals surface area contributed by atoms with Crippen LogP contribution < -0.4 is 10.1 Å². The van der Waals surface area contributed by atoms with Gasteiger partial charge in [0.2, 0.25) is 0 Å². The summed E-state index contributed by atoms with van der Waals surface area (Å²) in [6.45, 7) is 5.84. The van der Waals surface area contributed by atoms with Crippen LogP contribution in [-0.2, 0) is 0 Å². The number of nitrogens with one attached hydrogen (secondary N) is 1. The van der Waals surface area contributed by atoms with Crippen molar-refractivity contribution in [2.24, 2.45) is 0 Å². The molecule has 0 aliphatic carbocycles. The lowest BCUT2D eigenvalue weighted by Gasteiger charge is -2.33. The molecule has 5 heteroatoms. The van der Waals surface area contributed by atoms with Crippen LogP contribution in [0.25, 0.3) is 0 Å². The third-order valence-corrected chi connectivity index (χ3v) is 3.35. The van der Waals surface area contributed by atoms with E-state index < -0.39 is 0 Å². The average molecular weight is 275 g/mol. The number of ether oxygens (including phenoxy) is 1. The van der Waals surface area contributed by atoms with Gasteiger partial charge in [-0.2, -0.15) is 0 Å². The van der Waals surface area contributed by atoms with Crippen LogP contribution in [0.4, 0.5) is 4.39 Å². The van der Waals surface area contributed by atoms with E-state index in [1.54, 1.807) is 13.2 Å². The molecule has 1 aromatic carbocycles. The van der Waals surface area contributed by atoms with Crippen LogP contribution >= 0.6 is 12.4 Å². The van der Waals surface area contributed by atoms with E-state index in [2.05, 4.69) is 10.2 Å². The molecule has 1 aliphatic heterocycles. The van der Waals surface area contributed by atoms with E-state index in [-0.39, 0.29) is 24.3 Å². The quantitative estimate of drug-likeness (QED) is 0.915. The van der Waals surface area contributed by atoms with E-state index in [1.165, 1.54) is 6.07 Å². The normalized spacial score (nSPS) is 17.9. The van der Waals surface area contributed by atoms with Gasteiger partial charge in [0.25, 0.3) is 0 Å². The van der Waals surface area contributed by atoms with Crippen LogP contribution in [0.1, 0.15) is 18.5 Å². The Kier molecular flexibility index (Phi) is 5.85. The summed E-state index contributed by atoms with van der Waals surface area (Å²) in [7, 11) is 1.59. The maximum Gasteiger partial charge on any atom is 0.131 e. The smallest absolute Gasteiger partial charge is 0.131 e. The monoisotopic (exact) mass is 274 g/mol. The van der Waals surface area contributed by atoms with Gasteiger partial charge in [-0.15, -0.1) is 12.4 Å². The van der Waals surface area contributed by atoms with Gasteiger partial charge in [-0.3, -0.25) is 4.90 Å². The van der Waals surface area contributed by atoms with E-state index in [9.17, 15) is 4.39 Å². The van der Waals surface area contributed by atoms with Gasteiger partial charge >= 0.3 is 0 Å². The predicted molar refractivity (Wildman–Crippen MR) is 73.1 cm³/mol. The van der Waals surface area contributed by atoms with Gasteiger partial charge in [0.05, 0.1) is 7.11 Å². The zero-order valence-corrected chi connectivity index (χ0v) is 11.6. The van der Waals surface area contributed by atoms with Crippen LogP contribution in [0.15, 0.2) is 18.2 Å². The summed E-state index contributed by atoms with van der Waals surface area (Å²) in [5, 5.41) is 3.30. The first kappa shape index (κ1) is 15.2. The minimum atomic E-state index is -0.185. The Labute approximate surface area is 114 Å². The average Bonchev–Trinajstić information content (AvgIpc) is 2.38. The molecular weight excluding hydrogens is 255 g/mol. The van der Waals surface area contributed by atoms with Crippen molar-refractivity contribution >= 4 is 12.4 Å². The van der Waals surface area contributed by atoms with E-state index >= 15 is 0 Å². The second-order valence-corrected chi connectivity index (χ2v) is 4.32. The first-order valence-corrected chi connectivity index (χ1v) is 6.01. The maximum absolute atomic E-state index is 13.9. The summed E-state index contributed by atoms with van der Waals surface area (Å²) in [5.74, 6) is 0.450. The second kappa shape index (κ2) is 6.92. The van der Waals surface area contributed by atoms with Gasteiger partial charge < -0.3 is 10.1 Å². The van der Waals surface area contributed by atoms with E-state index in [1.807, 2.05) is 13.0 Å². The lowest BCUT2D eigenvalue weighted by Crippen LogP contribution is -2.44. The molecule has 1 saturated heterocycles. The Hall–Kier alpha value is -0.840. The number of hydrogen-bond donors (Lipinski definition) is 1. The highest BCUT2D eigenvalue weighted by Gasteiger charge is 2.23. The molecule has 18 heavy (non-hydrogen) atoms. The number of benzene rings is 1. The van der Waals surface area contributed by atoms with Crippen LogP contribution in [-0.4, -0.2) is 38.2 Å². The summed E-state index contributed by atoms with van der Waals surface area (Å²) in [6, 6.07) is 5.05. The van der Waals surface area contributed by atoms with Gasteiger partial charge in [-0.1, -0.05) is 6.07 Å². The zero-order valence-electron chi connectivity index (χ0n) is 10.8. The molecule has 102 valence electrons. The molecule has 2 rings (SSSR count). The molecule has 0 amide bonds. The van der Waals surface area contributed by atoms with E-state index in [0.29, 0.717) is 11.3 Å². The fourth-order valence-electron chi connectivity index (χ4n) is 2.35. The topological polar surface area (TPSA) is 24.5 Å². The lowest BCUT2D eigenvalue weighted by atomic mass is 10.0. The minimum Gasteiger partial charge on any atom is -0.496 e. The molecular formula is C13H20ClFN2O. The summed E-state index contributed by atoms with van der Waals surface area (Å²) < 4.78 is 19.2. The van der Waals surface area contributed by atoms with Crippen molar-refractivity contribution in [3.63, 3.8) is 0 Å². The van der Waals surface area contributed by atoms with Crippen molar-refractivity contribution < 1.29 is 9.13 Å². The molecule has 1 N–H and O–H groups in total. The first-order chi connectivity index (χ1) is 8.24. The molecule has 0 saturated carbocycles. The van der Waals surface area contributed by atoms with Crippen LogP contribution in [0.3, 0.4) is 0 Å². The summed E-state index contributed by atoms with van der Waals surface area (Å²) in [5.41, 5.74) is 0.664. The first-order valence-electron chi connectivity index (χ1n) is 6.01. The van der Waals surface area contributed by atoms with E-state index in [0.717, 1.165) is 26.2 Å². The Balaban J connectivity index is 0.00000162. The maximum atomic E-state index is 13.9. The van der Waals surface area contributed by atoms with Gasteiger partial charge in [0.1, 0.15) is 11.6 Å². The molecule has 0 radical (unpaired) electrons. The van der Waals surface area contributed by atoms with Crippen LogP contribution in [0.5, 0.6) is 5.75 Å². The summed E-state index contributed by atoms with van der Waals surface area (Å²) >= 11 is 0. The number of methoxy groups -OCH3 is 1.